The summed E-state index contributed by atoms with van der Waals surface area (Å²) in [6, 6.07) is 1.36. The van der Waals surface area contributed by atoms with Crippen LogP contribution in [0.25, 0.3) is 0 Å². The number of amides is 1. The number of halogens is 2. The topological polar surface area (TPSA) is 63.2 Å². The van der Waals surface area contributed by atoms with Crippen LogP contribution in [-0.2, 0) is 14.8 Å². The standard InChI is InChI=1S/C13H13F2NO3S/c1-8-6-11(15)12(7-10(8)14)20(18,19)16-13(17)9-4-2-3-5-9/h2-3,6-7,9H,4-5H2,1H3,(H,16,17). The van der Waals surface area contributed by atoms with Crippen LogP contribution < -0.4 is 4.72 Å². The van der Waals surface area contributed by atoms with Gasteiger partial charge in [-0.2, -0.15) is 0 Å². The van der Waals surface area contributed by atoms with Crippen molar-refractivity contribution in [3.63, 3.8) is 0 Å². The van der Waals surface area contributed by atoms with E-state index >= 15 is 0 Å². The molecule has 1 aromatic rings. The first-order chi connectivity index (χ1) is 9.31. The average molecular weight is 301 g/mol. The van der Waals surface area contributed by atoms with Gasteiger partial charge >= 0.3 is 0 Å². The molecular formula is C13H13F2NO3S. The molecule has 0 atom stereocenters. The number of carbonyl (C=O) groups is 1. The molecule has 0 unspecified atom stereocenters. The Bertz CT molecular complexity index is 675. The van der Waals surface area contributed by atoms with Crippen LogP contribution in [0.2, 0.25) is 0 Å². The zero-order chi connectivity index (χ0) is 14.9. The molecule has 108 valence electrons. The molecule has 0 spiro atoms. The minimum absolute atomic E-state index is 0.00669. The molecule has 20 heavy (non-hydrogen) atoms. The molecule has 0 aliphatic heterocycles. The highest BCUT2D eigenvalue weighted by Gasteiger charge is 2.27. The number of rotatable bonds is 3. The summed E-state index contributed by atoms with van der Waals surface area (Å²) >= 11 is 0. The minimum Gasteiger partial charge on any atom is -0.274 e. The highest BCUT2D eigenvalue weighted by atomic mass is 32.2. The SMILES string of the molecule is Cc1cc(F)c(S(=O)(=O)NC(=O)C2CC=CC2)cc1F. The highest BCUT2D eigenvalue weighted by Crippen LogP contribution is 2.21. The number of allylic oxidation sites excluding steroid dienone is 2. The molecule has 0 saturated heterocycles. The lowest BCUT2D eigenvalue weighted by Crippen LogP contribution is -2.35. The molecule has 1 aromatic carbocycles. The van der Waals surface area contributed by atoms with Crippen LogP contribution in [0.3, 0.4) is 0 Å². The monoisotopic (exact) mass is 301 g/mol. The number of carbonyl (C=O) groups excluding carboxylic acids is 1. The fourth-order valence-electron chi connectivity index (χ4n) is 1.94. The molecule has 4 nitrogen and oxygen atoms in total. The van der Waals surface area contributed by atoms with Crippen molar-refractivity contribution >= 4 is 15.9 Å². The van der Waals surface area contributed by atoms with E-state index in [1.807, 2.05) is 0 Å². The molecule has 1 amide bonds. The third-order valence-corrected chi connectivity index (χ3v) is 4.48. The van der Waals surface area contributed by atoms with Crippen LogP contribution >= 0.6 is 0 Å². The Balaban J connectivity index is 2.26. The summed E-state index contributed by atoms with van der Waals surface area (Å²) in [5.74, 6) is -3.13. The van der Waals surface area contributed by atoms with Crippen molar-refractivity contribution in [3.05, 3.63) is 41.5 Å². The molecule has 2 rings (SSSR count). The second-order valence-corrected chi connectivity index (χ2v) is 6.29. The van der Waals surface area contributed by atoms with E-state index in [1.54, 1.807) is 16.9 Å². The van der Waals surface area contributed by atoms with Crippen molar-refractivity contribution < 1.29 is 22.0 Å². The van der Waals surface area contributed by atoms with Gasteiger partial charge in [0.1, 0.15) is 16.5 Å². The van der Waals surface area contributed by atoms with Crippen LogP contribution in [0.4, 0.5) is 8.78 Å². The Labute approximate surface area is 115 Å². The van der Waals surface area contributed by atoms with Crippen LogP contribution in [0.5, 0.6) is 0 Å². The van der Waals surface area contributed by atoms with Gasteiger partial charge in [-0.25, -0.2) is 21.9 Å². The molecule has 0 saturated carbocycles. The first-order valence-corrected chi connectivity index (χ1v) is 7.47. The van der Waals surface area contributed by atoms with E-state index in [0.717, 1.165) is 6.07 Å². The first-order valence-electron chi connectivity index (χ1n) is 5.98. The smallest absolute Gasteiger partial charge is 0.267 e. The number of sulfonamides is 1. The lowest BCUT2D eigenvalue weighted by atomic mass is 10.1. The van der Waals surface area contributed by atoms with Crippen molar-refractivity contribution in [2.45, 2.75) is 24.7 Å². The summed E-state index contributed by atoms with van der Waals surface area (Å²) in [6.07, 6.45) is 4.41. The van der Waals surface area contributed by atoms with Crippen molar-refractivity contribution in [3.8, 4) is 0 Å². The maximum atomic E-state index is 13.6. The van der Waals surface area contributed by atoms with Crippen molar-refractivity contribution in [2.75, 3.05) is 0 Å². The molecular weight excluding hydrogens is 288 g/mol. The van der Waals surface area contributed by atoms with E-state index in [9.17, 15) is 22.0 Å². The predicted octanol–water partition coefficient (Wildman–Crippen LogP) is 2.04. The molecule has 0 radical (unpaired) electrons. The van der Waals surface area contributed by atoms with Gasteiger partial charge in [0, 0.05) is 5.92 Å². The lowest BCUT2D eigenvalue weighted by Gasteiger charge is -2.12. The van der Waals surface area contributed by atoms with Gasteiger partial charge in [0.05, 0.1) is 0 Å². The van der Waals surface area contributed by atoms with Gasteiger partial charge in [-0.1, -0.05) is 12.2 Å². The molecule has 0 fully saturated rings. The Morgan fingerprint density at radius 1 is 1.20 bits per heavy atom. The largest absolute Gasteiger partial charge is 0.274 e. The number of hydrogen-bond acceptors (Lipinski definition) is 3. The number of aryl methyl sites for hydroxylation is 1. The predicted molar refractivity (Wildman–Crippen MR) is 68.3 cm³/mol. The third-order valence-electron chi connectivity index (χ3n) is 3.12. The molecule has 1 N–H and O–H groups in total. The molecule has 7 heteroatoms. The third kappa shape index (κ3) is 2.87. The van der Waals surface area contributed by atoms with E-state index in [4.69, 9.17) is 0 Å². The molecule has 1 aliphatic rings. The van der Waals surface area contributed by atoms with Gasteiger partial charge in [-0.3, -0.25) is 4.79 Å². The number of benzene rings is 1. The summed E-state index contributed by atoms with van der Waals surface area (Å²) in [4.78, 5) is 10.9. The molecule has 1 aliphatic carbocycles. The highest BCUT2D eigenvalue weighted by molar-refractivity contribution is 7.90. The Hall–Kier alpha value is -1.76. The summed E-state index contributed by atoms with van der Waals surface area (Å²) in [5, 5.41) is 0. The molecule has 0 heterocycles. The second-order valence-electron chi connectivity index (χ2n) is 4.64. The van der Waals surface area contributed by atoms with Crippen LogP contribution in [-0.4, -0.2) is 14.3 Å². The van der Waals surface area contributed by atoms with Crippen molar-refractivity contribution in [1.82, 2.24) is 4.72 Å². The van der Waals surface area contributed by atoms with Crippen LogP contribution in [0.15, 0.2) is 29.2 Å². The van der Waals surface area contributed by atoms with E-state index in [2.05, 4.69) is 0 Å². The van der Waals surface area contributed by atoms with Gasteiger partial charge in [-0.15, -0.1) is 0 Å². The van der Waals surface area contributed by atoms with Gasteiger partial charge in [0.2, 0.25) is 5.91 Å². The van der Waals surface area contributed by atoms with Gasteiger partial charge in [-0.05, 0) is 37.5 Å². The van der Waals surface area contributed by atoms with E-state index < -0.39 is 38.4 Å². The normalized spacial score (nSPS) is 15.6. The second kappa shape index (κ2) is 5.32. The summed E-state index contributed by atoms with van der Waals surface area (Å²) in [5.41, 5.74) is -0.00669. The summed E-state index contributed by atoms with van der Waals surface area (Å²) in [7, 11) is -4.41. The maximum absolute atomic E-state index is 13.6. The Morgan fingerprint density at radius 2 is 1.80 bits per heavy atom. The molecule has 0 bridgehead atoms. The summed E-state index contributed by atoms with van der Waals surface area (Å²) < 4.78 is 52.7. The maximum Gasteiger partial charge on any atom is 0.267 e. The van der Waals surface area contributed by atoms with Gasteiger partial charge in [0.15, 0.2) is 0 Å². The summed E-state index contributed by atoms with van der Waals surface area (Å²) in [6.45, 7) is 1.32. The van der Waals surface area contributed by atoms with Crippen molar-refractivity contribution in [2.24, 2.45) is 5.92 Å². The number of hydrogen-bond donors (Lipinski definition) is 1. The Kier molecular flexibility index (Phi) is 3.89. The van der Waals surface area contributed by atoms with Crippen LogP contribution in [0, 0.1) is 24.5 Å². The fraction of sp³-hybridized carbons (Fsp3) is 0.308. The molecule has 0 aromatic heterocycles. The lowest BCUT2D eigenvalue weighted by molar-refractivity contribution is -0.122. The Morgan fingerprint density at radius 3 is 2.40 bits per heavy atom. The zero-order valence-electron chi connectivity index (χ0n) is 10.7. The van der Waals surface area contributed by atoms with Crippen LogP contribution in [0.1, 0.15) is 18.4 Å². The van der Waals surface area contributed by atoms with E-state index in [1.165, 1.54) is 6.92 Å². The quantitative estimate of drug-likeness (QED) is 0.869. The first kappa shape index (κ1) is 14.6. The number of nitrogens with one attached hydrogen (secondary N) is 1. The zero-order valence-corrected chi connectivity index (χ0v) is 11.5. The van der Waals surface area contributed by atoms with Gasteiger partial charge < -0.3 is 0 Å². The fourth-order valence-corrected chi connectivity index (χ4v) is 3.05. The van der Waals surface area contributed by atoms with Gasteiger partial charge in [0.25, 0.3) is 10.0 Å². The van der Waals surface area contributed by atoms with Crippen molar-refractivity contribution in [1.29, 1.82) is 0 Å². The minimum atomic E-state index is -4.41. The van der Waals surface area contributed by atoms with E-state index in [-0.39, 0.29) is 5.56 Å². The van der Waals surface area contributed by atoms with E-state index in [0.29, 0.717) is 18.9 Å². The average Bonchev–Trinajstić information content (AvgIpc) is 2.86.